The van der Waals surface area contributed by atoms with Gasteiger partial charge in [0, 0.05) is 13.2 Å². The summed E-state index contributed by atoms with van der Waals surface area (Å²) in [6.45, 7) is 5.74. The van der Waals surface area contributed by atoms with E-state index in [-0.39, 0.29) is 0 Å². The van der Waals surface area contributed by atoms with Gasteiger partial charge in [-0.3, -0.25) is 0 Å². The van der Waals surface area contributed by atoms with Gasteiger partial charge >= 0.3 is 0 Å². The molecule has 2 heteroatoms. The molecule has 0 aliphatic heterocycles. The van der Waals surface area contributed by atoms with Gasteiger partial charge in [0.2, 0.25) is 0 Å². The third-order valence-electron chi connectivity index (χ3n) is 0.906. The van der Waals surface area contributed by atoms with Crippen LogP contribution in [-0.4, -0.2) is 7.05 Å². The van der Waals surface area contributed by atoms with Crippen LogP contribution < -0.4 is 10.9 Å². The standard InChI is InChI=1S/C8H14N2/c1-4-5-8(2)6-7-10-9-3/h4-7,9-10H,2H2,1,3H3/b5-4-,7-6-. The molecule has 0 bridgehead atoms. The fourth-order valence-corrected chi connectivity index (χ4v) is 0.502. The molecule has 0 spiro atoms. The molecule has 0 fully saturated rings. The van der Waals surface area contributed by atoms with Crippen LogP contribution >= 0.6 is 0 Å². The van der Waals surface area contributed by atoms with Gasteiger partial charge in [-0.1, -0.05) is 18.7 Å². The first-order chi connectivity index (χ1) is 4.81. The van der Waals surface area contributed by atoms with Crippen molar-refractivity contribution in [2.24, 2.45) is 0 Å². The monoisotopic (exact) mass is 138 g/mol. The van der Waals surface area contributed by atoms with Gasteiger partial charge in [-0.2, -0.15) is 0 Å². The SMILES string of the molecule is C=C(/C=C\C)/C=C\NNC. The highest BCUT2D eigenvalue weighted by atomic mass is 15.3. The van der Waals surface area contributed by atoms with E-state index in [1.165, 1.54) is 0 Å². The zero-order valence-electron chi connectivity index (χ0n) is 6.52. The summed E-state index contributed by atoms with van der Waals surface area (Å²) in [5.41, 5.74) is 6.55. The Bertz CT molecular complexity index is 145. The molecule has 2 nitrogen and oxygen atoms in total. The molecular formula is C8H14N2. The van der Waals surface area contributed by atoms with Crippen LogP contribution in [0.4, 0.5) is 0 Å². The van der Waals surface area contributed by atoms with Crippen LogP contribution in [0.15, 0.2) is 36.6 Å². The summed E-state index contributed by atoms with van der Waals surface area (Å²) < 4.78 is 0. The normalized spacial score (nSPS) is 11.0. The summed E-state index contributed by atoms with van der Waals surface area (Å²) in [5.74, 6) is 0. The maximum absolute atomic E-state index is 3.77. The van der Waals surface area contributed by atoms with Crippen molar-refractivity contribution in [1.82, 2.24) is 10.9 Å². The lowest BCUT2D eigenvalue weighted by Gasteiger charge is -1.93. The average Bonchev–Trinajstić information content (AvgIpc) is 1.89. The van der Waals surface area contributed by atoms with E-state index >= 15 is 0 Å². The fourth-order valence-electron chi connectivity index (χ4n) is 0.502. The van der Waals surface area contributed by atoms with Crippen molar-refractivity contribution in [3.63, 3.8) is 0 Å². The molecule has 0 aromatic heterocycles. The van der Waals surface area contributed by atoms with Gasteiger partial charge < -0.3 is 5.43 Å². The van der Waals surface area contributed by atoms with Crippen LogP contribution in [-0.2, 0) is 0 Å². The van der Waals surface area contributed by atoms with E-state index in [2.05, 4.69) is 17.4 Å². The van der Waals surface area contributed by atoms with Gasteiger partial charge in [0.15, 0.2) is 0 Å². The lowest BCUT2D eigenvalue weighted by atomic mass is 10.3. The molecule has 0 atom stereocenters. The summed E-state index contributed by atoms with van der Waals surface area (Å²) in [6, 6.07) is 0. The highest BCUT2D eigenvalue weighted by Crippen LogP contribution is 1.92. The second-order valence-electron chi connectivity index (χ2n) is 1.80. The molecule has 0 radical (unpaired) electrons. The first-order valence-corrected chi connectivity index (χ1v) is 3.21. The molecule has 0 amide bonds. The van der Waals surface area contributed by atoms with Crippen molar-refractivity contribution in [1.29, 1.82) is 0 Å². The molecule has 10 heavy (non-hydrogen) atoms. The topological polar surface area (TPSA) is 24.1 Å². The van der Waals surface area contributed by atoms with Crippen LogP contribution in [0.5, 0.6) is 0 Å². The van der Waals surface area contributed by atoms with Crippen LogP contribution in [0.25, 0.3) is 0 Å². The fraction of sp³-hybridized carbons (Fsp3) is 0.250. The lowest BCUT2D eigenvalue weighted by Crippen LogP contribution is -2.20. The summed E-state index contributed by atoms with van der Waals surface area (Å²) >= 11 is 0. The third kappa shape index (κ3) is 5.12. The maximum atomic E-state index is 3.77. The van der Waals surface area contributed by atoms with Gasteiger partial charge in [0.1, 0.15) is 0 Å². The second-order valence-corrected chi connectivity index (χ2v) is 1.80. The summed E-state index contributed by atoms with van der Waals surface area (Å²) in [6.07, 6.45) is 7.57. The highest BCUT2D eigenvalue weighted by Gasteiger charge is 1.74. The van der Waals surface area contributed by atoms with Crippen molar-refractivity contribution in [3.8, 4) is 0 Å². The molecule has 0 aromatic carbocycles. The second kappa shape index (κ2) is 6.11. The number of rotatable bonds is 4. The van der Waals surface area contributed by atoms with Crippen LogP contribution in [0.3, 0.4) is 0 Å². The van der Waals surface area contributed by atoms with Crippen LogP contribution in [0, 0.1) is 0 Å². The lowest BCUT2D eigenvalue weighted by molar-refractivity contribution is 0.730. The first-order valence-electron chi connectivity index (χ1n) is 3.21. The number of nitrogens with one attached hydrogen (secondary N) is 2. The van der Waals surface area contributed by atoms with E-state index in [0.717, 1.165) is 5.57 Å². The smallest absolute Gasteiger partial charge is 0.0131 e. The summed E-state index contributed by atoms with van der Waals surface area (Å²) in [5, 5.41) is 0. The van der Waals surface area contributed by atoms with Crippen molar-refractivity contribution in [2.45, 2.75) is 6.92 Å². The van der Waals surface area contributed by atoms with Gasteiger partial charge in [0.25, 0.3) is 0 Å². The minimum atomic E-state index is 0.977. The molecule has 0 aliphatic rings. The zero-order chi connectivity index (χ0) is 7.82. The molecule has 0 heterocycles. The van der Waals surface area contributed by atoms with Gasteiger partial charge in [0.05, 0.1) is 0 Å². The first kappa shape index (κ1) is 8.98. The van der Waals surface area contributed by atoms with Crippen molar-refractivity contribution in [2.75, 3.05) is 7.05 Å². The predicted molar refractivity (Wildman–Crippen MR) is 45.3 cm³/mol. The van der Waals surface area contributed by atoms with Gasteiger partial charge in [-0.25, -0.2) is 5.43 Å². The Balaban J connectivity index is 3.56. The Hall–Kier alpha value is -1.02. The van der Waals surface area contributed by atoms with Crippen molar-refractivity contribution in [3.05, 3.63) is 36.6 Å². The number of allylic oxidation sites excluding steroid dienone is 4. The van der Waals surface area contributed by atoms with Crippen LogP contribution in [0.2, 0.25) is 0 Å². The molecular weight excluding hydrogens is 124 g/mol. The van der Waals surface area contributed by atoms with E-state index in [0.29, 0.717) is 0 Å². The molecule has 0 aliphatic carbocycles. The Morgan fingerprint density at radius 2 is 2.10 bits per heavy atom. The molecule has 0 aromatic rings. The Morgan fingerprint density at radius 1 is 1.40 bits per heavy atom. The highest BCUT2D eigenvalue weighted by molar-refractivity contribution is 5.26. The predicted octanol–water partition coefficient (Wildman–Crippen LogP) is 1.36. The molecule has 0 rings (SSSR count). The largest absolute Gasteiger partial charge is 0.329 e. The van der Waals surface area contributed by atoms with E-state index in [1.807, 2.05) is 32.2 Å². The zero-order valence-corrected chi connectivity index (χ0v) is 6.52. The number of hydrogen-bond acceptors (Lipinski definition) is 2. The minimum absolute atomic E-state index is 0.977. The van der Waals surface area contributed by atoms with Gasteiger partial charge in [-0.15, -0.1) is 0 Å². The van der Waals surface area contributed by atoms with Crippen molar-refractivity contribution < 1.29 is 0 Å². The molecule has 0 saturated heterocycles. The van der Waals surface area contributed by atoms with E-state index < -0.39 is 0 Å². The Kier molecular flexibility index (Phi) is 5.48. The minimum Gasteiger partial charge on any atom is -0.329 e. The van der Waals surface area contributed by atoms with Gasteiger partial charge in [-0.05, 0) is 18.6 Å². The molecule has 2 N–H and O–H groups in total. The molecule has 56 valence electrons. The van der Waals surface area contributed by atoms with E-state index in [1.54, 1.807) is 6.20 Å². The molecule has 0 saturated carbocycles. The number of hydrazine groups is 1. The van der Waals surface area contributed by atoms with Crippen LogP contribution in [0.1, 0.15) is 6.92 Å². The average molecular weight is 138 g/mol. The Labute approximate surface area is 62.3 Å². The summed E-state index contributed by atoms with van der Waals surface area (Å²) in [4.78, 5) is 0. The number of hydrogen-bond donors (Lipinski definition) is 2. The van der Waals surface area contributed by atoms with Crippen molar-refractivity contribution >= 4 is 0 Å². The van der Waals surface area contributed by atoms with E-state index in [9.17, 15) is 0 Å². The summed E-state index contributed by atoms with van der Waals surface area (Å²) in [7, 11) is 1.81. The molecule has 0 unspecified atom stereocenters. The maximum Gasteiger partial charge on any atom is 0.0131 e. The van der Waals surface area contributed by atoms with E-state index in [4.69, 9.17) is 0 Å². The third-order valence-corrected chi connectivity index (χ3v) is 0.906. The Morgan fingerprint density at radius 3 is 2.60 bits per heavy atom. The quantitative estimate of drug-likeness (QED) is 0.452.